The number of hydrogen-bond donors (Lipinski definition) is 0. The molecular formula is C20H28N2O2. The highest BCUT2D eigenvalue weighted by Gasteiger charge is 2.21. The minimum absolute atomic E-state index is 0.632. The summed E-state index contributed by atoms with van der Waals surface area (Å²) in [6.07, 6.45) is 3.31. The van der Waals surface area contributed by atoms with Crippen molar-refractivity contribution in [3.8, 4) is 0 Å². The molecule has 1 atom stereocenters. The third kappa shape index (κ3) is 4.94. The summed E-state index contributed by atoms with van der Waals surface area (Å²) in [6.45, 7) is 6.48. The lowest BCUT2D eigenvalue weighted by atomic mass is 10.1. The van der Waals surface area contributed by atoms with Crippen LogP contribution in [0.4, 0.5) is 0 Å². The van der Waals surface area contributed by atoms with Crippen LogP contribution in [0.25, 0.3) is 0 Å². The molecule has 0 saturated carbocycles. The lowest BCUT2D eigenvalue weighted by molar-refractivity contribution is 0.0824. The highest BCUT2D eigenvalue weighted by molar-refractivity contribution is 5.13. The Morgan fingerprint density at radius 1 is 1.04 bits per heavy atom. The van der Waals surface area contributed by atoms with E-state index in [4.69, 9.17) is 9.47 Å². The number of hydrogen-bond acceptors (Lipinski definition) is 3. The second kappa shape index (κ2) is 9.02. The molecule has 4 heteroatoms. The molecule has 0 saturated heterocycles. The maximum absolute atomic E-state index is 5.88. The van der Waals surface area contributed by atoms with Crippen molar-refractivity contribution in [1.82, 2.24) is 9.47 Å². The van der Waals surface area contributed by atoms with Crippen molar-refractivity contribution >= 4 is 0 Å². The molecule has 24 heavy (non-hydrogen) atoms. The predicted molar refractivity (Wildman–Crippen MR) is 95.8 cm³/mol. The summed E-state index contributed by atoms with van der Waals surface area (Å²) in [5, 5.41) is 0. The van der Waals surface area contributed by atoms with Crippen molar-refractivity contribution in [2.75, 3.05) is 33.4 Å². The molecule has 0 fully saturated rings. The van der Waals surface area contributed by atoms with E-state index in [1.807, 2.05) is 6.07 Å². The van der Waals surface area contributed by atoms with E-state index >= 15 is 0 Å². The van der Waals surface area contributed by atoms with E-state index in [1.165, 1.54) is 11.3 Å². The minimum atomic E-state index is 0.632. The molecule has 0 radical (unpaired) electrons. The highest BCUT2D eigenvalue weighted by atomic mass is 16.5. The summed E-state index contributed by atoms with van der Waals surface area (Å²) in [4.78, 5) is 2.52. The average molecular weight is 328 g/mol. The van der Waals surface area contributed by atoms with Gasteiger partial charge in [0.25, 0.3) is 0 Å². The van der Waals surface area contributed by atoms with E-state index in [-0.39, 0.29) is 0 Å². The van der Waals surface area contributed by atoms with Gasteiger partial charge in [-0.3, -0.25) is 4.90 Å². The summed E-state index contributed by atoms with van der Waals surface area (Å²) < 4.78 is 13.6. The molecule has 1 aromatic heterocycles. The maximum Gasteiger partial charge on any atom is 0.0717 e. The first-order valence-electron chi connectivity index (χ1n) is 8.82. The Kier molecular flexibility index (Phi) is 6.47. The van der Waals surface area contributed by atoms with Crippen LogP contribution in [0, 0.1) is 5.92 Å². The molecule has 2 aromatic rings. The number of benzene rings is 1. The van der Waals surface area contributed by atoms with Crippen LogP contribution in [0.5, 0.6) is 0 Å². The third-order valence-electron chi connectivity index (χ3n) is 4.67. The number of fused-ring (bicyclic) bond motifs is 1. The van der Waals surface area contributed by atoms with Crippen LogP contribution in [0.3, 0.4) is 0 Å². The fourth-order valence-corrected chi connectivity index (χ4v) is 3.36. The van der Waals surface area contributed by atoms with E-state index in [9.17, 15) is 0 Å². The first kappa shape index (κ1) is 17.2. The van der Waals surface area contributed by atoms with E-state index in [0.29, 0.717) is 12.5 Å². The van der Waals surface area contributed by atoms with Crippen LogP contribution < -0.4 is 0 Å². The second-order valence-corrected chi connectivity index (χ2v) is 6.57. The van der Waals surface area contributed by atoms with Crippen LogP contribution in [0.15, 0.2) is 48.7 Å². The Morgan fingerprint density at radius 2 is 1.92 bits per heavy atom. The quantitative estimate of drug-likeness (QED) is 0.696. The summed E-state index contributed by atoms with van der Waals surface area (Å²) in [5.74, 6) is 0.632. The minimum Gasteiger partial charge on any atom is -0.385 e. The van der Waals surface area contributed by atoms with Gasteiger partial charge in [0.2, 0.25) is 0 Å². The van der Waals surface area contributed by atoms with Gasteiger partial charge in [0.15, 0.2) is 0 Å². The first-order chi connectivity index (χ1) is 11.8. The molecule has 0 bridgehead atoms. The number of nitrogens with zero attached hydrogens (tertiary/aromatic N) is 2. The topological polar surface area (TPSA) is 26.6 Å². The van der Waals surface area contributed by atoms with Crippen molar-refractivity contribution < 1.29 is 9.47 Å². The molecule has 0 spiro atoms. The average Bonchev–Trinajstić information content (AvgIpc) is 2.97. The highest BCUT2D eigenvalue weighted by Crippen LogP contribution is 2.19. The Balaban J connectivity index is 1.50. The van der Waals surface area contributed by atoms with E-state index in [0.717, 1.165) is 45.8 Å². The zero-order valence-electron chi connectivity index (χ0n) is 14.6. The SMILES string of the molecule is COCCC1CN(CCOCc2ccccc2)Cc2cccn2C1. The lowest BCUT2D eigenvalue weighted by Gasteiger charge is -2.23. The van der Waals surface area contributed by atoms with Crippen LogP contribution in [0.1, 0.15) is 17.7 Å². The van der Waals surface area contributed by atoms with Gasteiger partial charge in [0.1, 0.15) is 0 Å². The van der Waals surface area contributed by atoms with Crippen LogP contribution in [-0.2, 0) is 29.2 Å². The summed E-state index contributed by atoms with van der Waals surface area (Å²) >= 11 is 0. The van der Waals surface area contributed by atoms with Gasteiger partial charge in [0.05, 0.1) is 13.2 Å². The lowest BCUT2D eigenvalue weighted by Crippen LogP contribution is -2.31. The molecule has 1 unspecified atom stereocenters. The fraction of sp³-hybridized carbons (Fsp3) is 0.500. The van der Waals surface area contributed by atoms with Crippen molar-refractivity contribution in [1.29, 1.82) is 0 Å². The summed E-state index contributed by atoms with van der Waals surface area (Å²) in [5.41, 5.74) is 2.64. The molecule has 0 aliphatic carbocycles. The van der Waals surface area contributed by atoms with E-state index < -0.39 is 0 Å². The monoisotopic (exact) mass is 328 g/mol. The van der Waals surface area contributed by atoms with Crippen molar-refractivity contribution in [3.63, 3.8) is 0 Å². The molecule has 4 nitrogen and oxygen atoms in total. The number of aromatic nitrogens is 1. The van der Waals surface area contributed by atoms with Gasteiger partial charge in [-0.2, -0.15) is 0 Å². The number of methoxy groups -OCH3 is 1. The molecule has 1 aliphatic rings. The summed E-state index contributed by atoms with van der Waals surface area (Å²) in [7, 11) is 1.78. The zero-order valence-corrected chi connectivity index (χ0v) is 14.6. The smallest absolute Gasteiger partial charge is 0.0717 e. The molecule has 1 aliphatic heterocycles. The Bertz CT molecular complexity index is 597. The van der Waals surface area contributed by atoms with Crippen molar-refractivity contribution in [3.05, 3.63) is 59.9 Å². The Labute approximate surface area is 145 Å². The molecule has 2 heterocycles. The Morgan fingerprint density at radius 3 is 2.75 bits per heavy atom. The van der Waals surface area contributed by atoms with Crippen LogP contribution >= 0.6 is 0 Å². The second-order valence-electron chi connectivity index (χ2n) is 6.57. The summed E-state index contributed by atoms with van der Waals surface area (Å²) in [6, 6.07) is 14.8. The van der Waals surface area contributed by atoms with Gasteiger partial charge < -0.3 is 14.0 Å². The molecule has 0 N–H and O–H groups in total. The van der Waals surface area contributed by atoms with E-state index in [2.05, 4.69) is 52.1 Å². The largest absolute Gasteiger partial charge is 0.385 e. The molecule has 130 valence electrons. The molecular weight excluding hydrogens is 300 g/mol. The van der Waals surface area contributed by atoms with Crippen molar-refractivity contribution in [2.24, 2.45) is 5.92 Å². The van der Waals surface area contributed by atoms with Crippen molar-refractivity contribution in [2.45, 2.75) is 26.1 Å². The maximum atomic E-state index is 5.88. The van der Waals surface area contributed by atoms with Gasteiger partial charge in [-0.15, -0.1) is 0 Å². The predicted octanol–water partition coefficient (Wildman–Crippen LogP) is 3.17. The molecule has 3 rings (SSSR count). The van der Waals surface area contributed by atoms with Gasteiger partial charge >= 0.3 is 0 Å². The van der Waals surface area contributed by atoms with Gasteiger partial charge in [-0.1, -0.05) is 30.3 Å². The van der Waals surface area contributed by atoms with E-state index in [1.54, 1.807) is 7.11 Å². The third-order valence-corrected chi connectivity index (χ3v) is 4.67. The molecule has 1 aromatic carbocycles. The number of ether oxygens (including phenoxy) is 2. The standard InChI is InChI=1S/C20H28N2O2/c1-23-12-9-19-14-21(16-20-8-5-10-22(20)15-19)11-13-24-17-18-6-3-2-4-7-18/h2-8,10,19H,9,11-17H2,1H3. The Hall–Kier alpha value is -1.62. The normalized spacial score (nSPS) is 18.3. The van der Waals surface area contributed by atoms with Gasteiger partial charge in [-0.25, -0.2) is 0 Å². The van der Waals surface area contributed by atoms with Crippen LogP contribution in [-0.4, -0.2) is 42.9 Å². The zero-order chi connectivity index (χ0) is 16.6. The first-order valence-corrected chi connectivity index (χ1v) is 8.82. The fourth-order valence-electron chi connectivity index (χ4n) is 3.36. The van der Waals surface area contributed by atoms with Gasteiger partial charge in [-0.05, 0) is 30.0 Å². The number of rotatable bonds is 8. The van der Waals surface area contributed by atoms with Crippen LogP contribution in [0.2, 0.25) is 0 Å². The van der Waals surface area contributed by atoms with Gasteiger partial charge in [0, 0.05) is 51.8 Å². The molecule has 0 amide bonds.